The Kier molecular flexibility index (Phi) is 32.4. The third-order valence-electron chi connectivity index (χ3n) is 19.8. The number of rotatable bonds is 5. The summed E-state index contributed by atoms with van der Waals surface area (Å²) in [7, 11) is 0. The normalized spacial score (nSPS) is 16.9. The number of aromatic hydroxyl groups is 5. The maximum absolute atomic E-state index is 12.7. The van der Waals surface area contributed by atoms with Gasteiger partial charge in [-0.1, -0.05) is 84.9 Å². The van der Waals surface area contributed by atoms with Gasteiger partial charge in [-0.15, -0.1) is 24.0 Å². The number of halogens is 6. The van der Waals surface area contributed by atoms with Gasteiger partial charge in [0.05, 0.1) is 22.7 Å². The van der Waals surface area contributed by atoms with Crippen LogP contribution in [0.1, 0.15) is 95.3 Å². The van der Waals surface area contributed by atoms with Crippen LogP contribution in [0.3, 0.4) is 0 Å². The Hall–Kier alpha value is -13.5. The number of hydrogen-bond acceptors (Lipinski definition) is 24. The number of ketones is 1. The van der Waals surface area contributed by atoms with Gasteiger partial charge in [0.2, 0.25) is 11.8 Å². The van der Waals surface area contributed by atoms with Gasteiger partial charge in [0.1, 0.15) is 114 Å². The number of Topliss-reactive ketones (excluding diaryl/α,β-unsaturated/α-hetero) is 1. The summed E-state index contributed by atoms with van der Waals surface area (Å²) in [4.78, 5) is 79.5. The summed E-state index contributed by atoms with van der Waals surface area (Å²) >= 11 is 5.34. The van der Waals surface area contributed by atoms with Crippen LogP contribution >= 0.6 is 24.0 Å². The van der Waals surface area contributed by atoms with Crippen molar-refractivity contribution in [2.24, 2.45) is 0 Å². The van der Waals surface area contributed by atoms with E-state index >= 15 is 0 Å². The van der Waals surface area contributed by atoms with Crippen LogP contribution in [-0.4, -0.2) is 168 Å². The van der Waals surface area contributed by atoms with Gasteiger partial charge in [-0.05, 0) is 120 Å². The molecule has 35 heteroatoms. The monoisotopic (exact) mass is 1810 g/mol. The van der Waals surface area contributed by atoms with Gasteiger partial charge in [0, 0.05) is 80.6 Å². The Morgan fingerprint density at radius 1 is 0.425 bits per heavy atom. The van der Waals surface area contributed by atoms with Crippen molar-refractivity contribution in [1.29, 1.82) is 0 Å². The van der Waals surface area contributed by atoms with E-state index < -0.39 is 46.3 Å². The van der Waals surface area contributed by atoms with Crippen LogP contribution in [0.4, 0.5) is 35.9 Å². The van der Waals surface area contributed by atoms with E-state index in [1.807, 2.05) is 80.9 Å². The van der Waals surface area contributed by atoms with E-state index in [-0.39, 0.29) is 105 Å². The summed E-state index contributed by atoms with van der Waals surface area (Å²) in [6, 6.07) is 57.7. The Balaban J connectivity index is 0.000000153. The molecule has 10 aliphatic heterocycles. The third kappa shape index (κ3) is 21.4. The Morgan fingerprint density at radius 3 is 1.44 bits per heavy atom. The van der Waals surface area contributed by atoms with E-state index in [1.165, 1.54) is 54.6 Å². The fourth-order valence-electron chi connectivity index (χ4n) is 14.0. The second-order valence-electron chi connectivity index (χ2n) is 27.9. The molecule has 3 unspecified atom stereocenters. The molecule has 11 aromatic rings. The number of ether oxygens (including phenoxy) is 11. The number of hydrogen-bond donors (Lipinski definition) is 10. The van der Waals surface area contributed by atoms with Gasteiger partial charge < -0.3 is 123 Å². The number of para-hydroxylation sites is 4. The fourth-order valence-corrected chi connectivity index (χ4v) is 14.3. The molecule has 0 aliphatic carbocycles. The molecule has 11 aromatic carbocycles. The number of nitrogens with one attached hydrogen (secondary N) is 4. The van der Waals surface area contributed by atoms with Gasteiger partial charge in [-0.25, -0.2) is 0 Å². The van der Waals surface area contributed by atoms with Gasteiger partial charge in [0.15, 0.2) is 74.6 Å². The summed E-state index contributed by atoms with van der Waals surface area (Å²) < 4.78 is 96.5. The van der Waals surface area contributed by atoms with Crippen LogP contribution in [0, 0.1) is 6.42 Å². The molecular formula is C92H80Cl3F3MgN4O24. The number of carbonyl (C=O) groups excluding carboxylic acids is 7. The number of aldehydes is 2. The number of aliphatic hydroxyl groups is 1. The zero-order valence-corrected chi connectivity index (χ0v) is 71.3. The smallest absolute Gasteiger partial charge is 1.00 e. The Bertz CT molecular complexity index is 5860. The second-order valence-corrected chi connectivity index (χ2v) is 28.1. The van der Waals surface area contributed by atoms with E-state index in [1.54, 1.807) is 91.0 Å². The van der Waals surface area contributed by atoms with Crippen LogP contribution < -0.4 is 85.8 Å². The number of amides is 4. The van der Waals surface area contributed by atoms with Crippen LogP contribution in [-0.2, 0) is 42.3 Å². The summed E-state index contributed by atoms with van der Waals surface area (Å²) in [5, 5.41) is 69.0. The largest absolute Gasteiger partial charge is 2.00 e. The van der Waals surface area contributed by atoms with Crippen LogP contribution in [0.5, 0.6) is 92.0 Å². The predicted octanol–water partition coefficient (Wildman–Crippen LogP) is 11.6. The molecule has 127 heavy (non-hydrogen) atoms. The molecule has 4 amide bonds. The van der Waals surface area contributed by atoms with Crippen molar-refractivity contribution in [2.75, 3.05) is 93.9 Å². The molecule has 0 fully saturated rings. The summed E-state index contributed by atoms with van der Waals surface area (Å²) in [5.74, 6) is 3.68. The van der Waals surface area contributed by atoms with Crippen LogP contribution in [0.25, 0.3) is 0 Å². The van der Waals surface area contributed by atoms with Crippen molar-refractivity contribution in [1.82, 2.24) is 0 Å². The summed E-state index contributed by atoms with van der Waals surface area (Å²) in [6.07, 6.45) is -0.914. The van der Waals surface area contributed by atoms with Gasteiger partial charge in [-0.2, -0.15) is 27.0 Å². The minimum Gasteiger partial charge on any atom is -1.00 e. The maximum Gasteiger partial charge on any atom is 2.00 e. The van der Waals surface area contributed by atoms with E-state index in [4.69, 9.17) is 79.0 Å². The number of alkyl halides is 4. The Morgan fingerprint density at radius 2 is 0.874 bits per heavy atom. The maximum atomic E-state index is 12.7. The number of fused-ring (bicyclic) bond motifs is 12. The van der Waals surface area contributed by atoms with Crippen LogP contribution in [0.2, 0.25) is 0 Å². The topological polar surface area (TPSA) is 391 Å². The predicted molar refractivity (Wildman–Crippen MR) is 458 cm³/mol. The molecule has 0 saturated carbocycles. The third-order valence-corrected chi connectivity index (χ3v) is 20.1. The van der Waals surface area contributed by atoms with Crippen LogP contribution in [0.15, 0.2) is 212 Å². The first kappa shape index (κ1) is 95.7. The first-order valence-electron chi connectivity index (χ1n) is 38.5. The Labute approximate surface area is 757 Å². The number of phenols is 5. The van der Waals surface area contributed by atoms with E-state index in [9.17, 15) is 62.1 Å². The molecule has 0 radical (unpaired) electrons. The molecule has 21 rings (SSSR count). The molecule has 656 valence electrons. The van der Waals surface area contributed by atoms with E-state index in [2.05, 4.69) is 21.3 Å². The molecule has 0 bridgehead atoms. The van der Waals surface area contributed by atoms with Crippen molar-refractivity contribution in [3.8, 4) is 92.0 Å². The van der Waals surface area contributed by atoms with Crippen molar-refractivity contribution < 1.29 is 142 Å². The number of benzene rings is 11. The summed E-state index contributed by atoms with van der Waals surface area (Å²) in [5.41, 5.74) is 4.54. The van der Waals surface area contributed by atoms with Crippen molar-refractivity contribution >= 4 is 112 Å². The van der Waals surface area contributed by atoms with Crippen molar-refractivity contribution in [3.05, 3.63) is 280 Å². The zero-order valence-electron chi connectivity index (χ0n) is 67.5. The minimum atomic E-state index is -4.30. The molecule has 10 heterocycles. The van der Waals surface area contributed by atoms with Gasteiger partial charge in [-0.3, -0.25) is 33.6 Å². The molecule has 3 atom stereocenters. The molecule has 28 nitrogen and oxygen atoms in total. The average Bonchev–Trinajstić information content (AvgIpc) is 1.52. The second kappa shape index (κ2) is 42.9. The van der Waals surface area contributed by atoms with E-state index in [0.717, 1.165) is 40.4 Å². The molecule has 1 spiro atoms. The van der Waals surface area contributed by atoms with Crippen molar-refractivity contribution in [3.63, 3.8) is 0 Å². The van der Waals surface area contributed by atoms with Crippen molar-refractivity contribution in [2.45, 2.75) is 42.8 Å². The fraction of sp³-hybridized carbons (Fsp3) is 0.196. The first-order chi connectivity index (χ1) is 59.9. The number of phenolic OH excluding ortho intramolecular Hbond substituents is 5. The van der Waals surface area contributed by atoms with Gasteiger partial charge >= 0.3 is 29.2 Å². The summed E-state index contributed by atoms with van der Waals surface area (Å²) in [6.45, 7) is 9.29. The standard InChI is InChI=1S/C17H13NO4.C16H13NO5.C16H13NO4.C9H8O3.C8H6ClF3.C8H5NO2.C8H8O3.C7H6O3.C3H7.2ClH.Mg/c19-16-17(10-3-1-2-4-12(10)18-16)9-22-13-8-15-14(7-11(13)17)20-5-6-21-15;18-12-8-14-13(21-5-6-22-14)7-10(12)16(20)9-3-1-2-4-11(9)17-15(16)19;18-12-8-14-13(20-5-6-21-14)7-10(12)15-9-3-1-2-4-11(9)17-16(15)19;10-6-7-1-2-8-9(5-7)12-4-3-11-8;9-5-6-3-1-2-4-7(6)8(10,11)12;10-7-5-3-1-2-4-6(5)9-8(7)11;9-6-1-2-7-8(5-6)11-4-3-10-7;8-4-5-1-2-6(9)7(10)3-5;1-3-2;;;/h1-4,7-8H,5-6,9H2,(H,18,19);1-4,7-8,18,20H,5-6H2,(H,17,19);1-4,7-8,15,18H,5-6H2,(H,17,19);1-2,5-6H,3-4H2;1-4H,5H2;1-4H,(H,9,10,11);1-2,5,9H,3-4H2;1-4,9-10H;3H,1-2H3;2*1H;/q;;;;;;;;-1;;;+2/p-1. The molecule has 10 aliphatic rings. The SMILES string of the molecule is C[CH-]C.Cl.FC(F)(F)c1ccccc1CCl.O=C1Nc2ccccc2C1(O)c1cc2c(cc1O)OCCO2.O=C1Nc2ccccc2C12COc1cc3c(cc12)OCCO3.O=C1Nc2ccccc2C1=O.O=C1Nc2ccccc2C1c1cc2c(cc1O)OCCO2.O=Cc1ccc(O)c(O)c1.O=Cc1ccc2c(c1)OCCO2.Oc1ccc2c(c1)OCCO2.[Cl-].[Mg+2]. The molecule has 0 saturated heterocycles. The molecule has 10 N–H and O–H groups in total. The quantitative estimate of drug-likeness (QED) is 0.0191. The van der Waals surface area contributed by atoms with E-state index in [0.29, 0.717) is 181 Å². The first-order valence-corrected chi connectivity index (χ1v) is 39.0. The number of anilines is 4. The molecule has 0 aromatic heterocycles. The number of carbonyl (C=O) groups is 7. The zero-order chi connectivity index (χ0) is 87.8. The molecular weight excluding hydrogens is 1730 g/mol. The average molecular weight is 1810 g/mol. The van der Waals surface area contributed by atoms with Gasteiger partial charge in [0.25, 0.3) is 17.6 Å². The minimum absolute atomic E-state index is 0.